The van der Waals surface area contributed by atoms with E-state index in [1.807, 2.05) is 0 Å². The topological polar surface area (TPSA) is 83.5 Å². The number of alkyl halides is 3. The van der Waals surface area contributed by atoms with Gasteiger partial charge in [-0.2, -0.15) is 13.2 Å². The second-order valence-corrected chi connectivity index (χ2v) is 9.73. The average molecular weight is 441 g/mol. The Morgan fingerprint density at radius 2 is 1.63 bits per heavy atom. The molecule has 162 valence electrons. The van der Waals surface area contributed by atoms with Crippen molar-refractivity contribution in [2.45, 2.75) is 43.0 Å². The average Bonchev–Trinajstić information content (AvgIpc) is 3.49. The van der Waals surface area contributed by atoms with Crippen LogP contribution in [0.4, 0.5) is 13.2 Å². The first-order valence-electron chi connectivity index (χ1n) is 9.40. The molecule has 9 heteroatoms. The molecule has 30 heavy (non-hydrogen) atoms. The zero-order valence-corrected chi connectivity index (χ0v) is 17.1. The molecule has 1 aliphatic carbocycles. The second-order valence-electron chi connectivity index (χ2n) is 7.70. The van der Waals surface area contributed by atoms with E-state index in [2.05, 4.69) is 5.32 Å². The van der Waals surface area contributed by atoms with Gasteiger partial charge in [-0.3, -0.25) is 4.79 Å². The molecule has 1 unspecified atom stereocenters. The van der Waals surface area contributed by atoms with Crippen LogP contribution in [-0.4, -0.2) is 31.4 Å². The van der Waals surface area contributed by atoms with E-state index in [0.29, 0.717) is 12.5 Å². The summed E-state index contributed by atoms with van der Waals surface area (Å²) in [6.45, 7) is 0.778. The van der Waals surface area contributed by atoms with Crippen LogP contribution in [-0.2, 0) is 22.0 Å². The van der Waals surface area contributed by atoms with E-state index in [1.54, 1.807) is 12.1 Å². The van der Waals surface area contributed by atoms with Crippen molar-refractivity contribution in [2.75, 3.05) is 5.75 Å². The maximum atomic E-state index is 12.9. The minimum atomic E-state index is -4.84. The van der Waals surface area contributed by atoms with Gasteiger partial charge in [-0.05, 0) is 61.1 Å². The van der Waals surface area contributed by atoms with Gasteiger partial charge in [-0.15, -0.1) is 0 Å². The van der Waals surface area contributed by atoms with Gasteiger partial charge in [-0.25, -0.2) is 8.42 Å². The minimum absolute atomic E-state index is 0.129. The Hall–Kier alpha value is -2.39. The lowest BCUT2D eigenvalue weighted by Gasteiger charge is -2.26. The van der Waals surface area contributed by atoms with Crippen molar-refractivity contribution in [1.29, 1.82) is 0 Å². The lowest BCUT2D eigenvalue weighted by molar-refractivity contribution is -0.258. The third-order valence-electron chi connectivity index (χ3n) is 5.15. The monoisotopic (exact) mass is 441 g/mol. The summed E-state index contributed by atoms with van der Waals surface area (Å²) >= 11 is 0. The molecular formula is C21H22F3NO4S. The number of hydrogen-bond acceptors (Lipinski definition) is 4. The molecule has 2 N–H and O–H groups in total. The zero-order chi connectivity index (χ0) is 22.2. The largest absolute Gasteiger partial charge is 0.421 e. The molecule has 1 fully saturated rings. The lowest BCUT2D eigenvalue weighted by atomic mass is 9.94. The summed E-state index contributed by atoms with van der Waals surface area (Å²) in [5.74, 6) is -0.0980. The maximum Gasteiger partial charge on any atom is 0.421 e. The molecule has 2 aromatic rings. The zero-order valence-electron chi connectivity index (χ0n) is 16.2. The van der Waals surface area contributed by atoms with Gasteiger partial charge in [0, 0.05) is 12.1 Å². The van der Waals surface area contributed by atoms with Crippen LogP contribution >= 0.6 is 0 Å². The van der Waals surface area contributed by atoms with E-state index in [-0.39, 0.29) is 34.2 Å². The molecule has 2 aromatic carbocycles. The van der Waals surface area contributed by atoms with Crippen LogP contribution in [0.5, 0.6) is 0 Å². The molecule has 5 nitrogen and oxygen atoms in total. The number of sulfone groups is 1. The molecule has 0 aliphatic heterocycles. The van der Waals surface area contributed by atoms with Crippen molar-refractivity contribution >= 4 is 15.7 Å². The maximum absolute atomic E-state index is 12.9. The van der Waals surface area contributed by atoms with E-state index in [0.717, 1.165) is 25.0 Å². The second kappa shape index (κ2) is 8.03. The summed E-state index contributed by atoms with van der Waals surface area (Å²) in [7, 11) is -3.30. The highest BCUT2D eigenvalue weighted by molar-refractivity contribution is 7.91. The first-order valence-corrected chi connectivity index (χ1v) is 11.0. The Morgan fingerprint density at radius 3 is 2.13 bits per heavy atom. The van der Waals surface area contributed by atoms with Crippen LogP contribution in [0.1, 0.15) is 41.3 Å². The molecule has 0 bridgehead atoms. The number of hydrogen-bond donors (Lipinski definition) is 2. The van der Waals surface area contributed by atoms with Crippen molar-refractivity contribution in [3.63, 3.8) is 0 Å². The molecule has 3 rings (SSSR count). The van der Waals surface area contributed by atoms with Crippen molar-refractivity contribution in [3.05, 3.63) is 65.2 Å². The molecule has 1 aliphatic rings. The summed E-state index contributed by atoms with van der Waals surface area (Å²) in [5, 5.41) is 12.3. The minimum Gasteiger partial charge on any atom is -0.376 e. The molecule has 1 amide bonds. The SMILES string of the molecule is CC(O)(c1ccc(C(=O)NCc2ccc(S(=O)(=O)CC3CC3)cc2)cc1)C(F)(F)F. The van der Waals surface area contributed by atoms with Crippen LogP contribution < -0.4 is 5.32 Å². The molecule has 0 aromatic heterocycles. The normalized spacial score (nSPS) is 16.7. The molecular weight excluding hydrogens is 419 g/mol. The fourth-order valence-electron chi connectivity index (χ4n) is 2.90. The number of carbonyl (C=O) groups is 1. The van der Waals surface area contributed by atoms with Gasteiger partial charge in [-0.1, -0.05) is 24.3 Å². The van der Waals surface area contributed by atoms with E-state index >= 15 is 0 Å². The van der Waals surface area contributed by atoms with Crippen molar-refractivity contribution in [2.24, 2.45) is 5.92 Å². The highest BCUT2D eigenvalue weighted by Gasteiger charge is 2.51. The van der Waals surface area contributed by atoms with E-state index in [4.69, 9.17) is 0 Å². The number of rotatable bonds is 7. The Bertz CT molecular complexity index is 1010. The molecule has 0 spiro atoms. The number of benzene rings is 2. The van der Waals surface area contributed by atoms with Crippen LogP contribution in [0.3, 0.4) is 0 Å². The van der Waals surface area contributed by atoms with Crippen LogP contribution in [0.2, 0.25) is 0 Å². The Morgan fingerprint density at radius 1 is 1.07 bits per heavy atom. The van der Waals surface area contributed by atoms with Gasteiger partial charge in [0.15, 0.2) is 15.4 Å². The highest BCUT2D eigenvalue weighted by atomic mass is 32.2. The fraction of sp³-hybridized carbons (Fsp3) is 0.381. The highest BCUT2D eigenvalue weighted by Crippen LogP contribution is 2.38. The summed E-state index contributed by atoms with van der Waals surface area (Å²) < 4.78 is 63.2. The number of carbonyl (C=O) groups excluding carboxylic acids is 1. The van der Waals surface area contributed by atoms with Crippen molar-refractivity contribution < 1.29 is 31.5 Å². The Labute approximate surface area is 172 Å². The number of amides is 1. The quantitative estimate of drug-likeness (QED) is 0.688. The van der Waals surface area contributed by atoms with Gasteiger partial charge < -0.3 is 10.4 Å². The molecule has 1 saturated carbocycles. The van der Waals surface area contributed by atoms with Crippen LogP contribution in [0.15, 0.2) is 53.4 Å². The fourth-order valence-corrected chi connectivity index (χ4v) is 4.60. The number of halogens is 3. The van der Waals surface area contributed by atoms with Crippen molar-refractivity contribution in [1.82, 2.24) is 5.32 Å². The predicted octanol–water partition coefficient (Wildman–Crippen LogP) is 3.57. The third-order valence-corrected chi connectivity index (χ3v) is 7.05. The van der Waals surface area contributed by atoms with Gasteiger partial charge in [0.1, 0.15) is 0 Å². The van der Waals surface area contributed by atoms with Gasteiger partial charge in [0.2, 0.25) is 0 Å². The van der Waals surface area contributed by atoms with Crippen LogP contribution in [0.25, 0.3) is 0 Å². The molecule has 1 atom stereocenters. The Balaban J connectivity index is 1.60. The molecule has 0 saturated heterocycles. The lowest BCUT2D eigenvalue weighted by Crippen LogP contribution is -2.39. The van der Waals surface area contributed by atoms with Gasteiger partial charge in [0.25, 0.3) is 5.91 Å². The van der Waals surface area contributed by atoms with E-state index in [1.165, 1.54) is 24.3 Å². The predicted molar refractivity (Wildman–Crippen MR) is 104 cm³/mol. The number of nitrogens with one attached hydrogen (secondary N) is 1. The molecule has 0 radical (unpaired) electrons. The van der Waals surface area contributed by atoms with Gasteiger partial charge >= 0.3 is 6.18 Å². The van der Waals surface area contributed by atoms with E-state index in [9.17, 15) is 31.5 Å². The van der Waals surface area contributed by atoms with Gasteiger partial charge in [0.05, 0.1) is 10.6 Å². The summed E-state index contributed by atoms with van der Waals surface area (Å²) in [6, 6.07) is 10.8. The molecule has 0 heterocycles. The van der Waals surface area contributed by atoms with Crippen molar-refractivity contribution in [3.8, 4) is 0 Å². The van der Waals surface area contributed by atoms with Crippen LogP contribution in [0, 0.1) is 5.92 Å². The smallest absolute Gasteiger partial charge is 0.376 e. The first-order chi connectivity index (χ1) is 13.9. The summed E-state index contributed by atoms with van der Waals surface area (Å²) in [4.78, 5) is 12.5. The third kappa shape index (κ3) is 5.02. The Kier molecular flexibility index (Phi) is 5.97. The van der Waals surface area contributed by atoms with E-state index < -0.39 is 27.5 Å². The standard InChI is InChI=1S/C21H22F3NO4S/c1-20(27,21(22,23)24)17-8-6-16(7-9-17)19(26)25-12-14-4-10-18(11-5-14)30(28,29)13-15-2-3-15/h4-11,15,27H,2-3,12-13H2,1H3,(H,25,26). The number of aliphatic hydroxyl groups is 1. The summed E-state index contributed by atoms with van der Waals surface area (Å²) in [6.07, 6.45) is -2.95. The summed E-state index contributed by atoms with van der Waals surface area (Å²) in [5.41, 5.74) is -2.55. The first kappa shape index (κ1) is 22.3.